The zero-order valence-corrected chi connectivity index (χ0v) is 35.3. The highest BCUT2D eigenvalue weighted by Gasteiger charge is 2.39. The van der Waals surface area contributed by atoms with Gasteiger partial charge < -0.3 is 70.4 Å². The van der Waals surface area contributed by atoms with E-state index in [-0.39, 0.29) is 69.9 Å². The number of carbonyl (C=O) groups excluding carboxylic acids is 8. The maximum absolute atomic E-state index is 14.0. The quantitative estimate of drug-likeness (QED) is 0.0227. The number of aliphatic imine (C=N–C) groups is 1. The Morgan fingerprint density at radius 1 is 0.778 bits per heavy atom. The number of nitrogens with two attached hydrogens (primary N) is 5. The average molecular weight is 893 g/mol. The van der Waals surface area contributed by atoms with E-state index in [4.69, 9.17) is 28.7 Å². The lowest BCUT2D eigenvalue weighted by atomic mass is 10.00. The first-order valence-electron chi connectivity index (χ1n) is 20.4. The predicted octanol–water partition coefficient (Wildman–Crippen LogP) is -4.18. The van der Waals surface area contributed by atoms with Gasteiger partial charge in [-0.3, -0.25) is 48.1 Å². The molecule has 1 aliphatic rings. The molecule has 7 atom stereocenters. The number of likely N-dealkylation sites (tertiary alicyclic amines) is 1. The van der Waals surface area contributed by atoms with Gasteiger partial charge in [-0.1, -0.05) is 26.0 Å². The number of benzene rings is 1. The van der Waals surface area contributed by atoms with Crippen molar-refractivity contribution in [3.05, 3.63) is 35.6 Å². The number of carboxylic acid groups (broad SMARTS) is 1. The van der Waals surface area contributed by atoms with Crippen molar-refractivity contribution >= 4 is 59.2 Å². The van der Waals surface area contributed by atoms with E-state index in [0.29, 0.717) is 12.0 Å². The number of hydrogen-bond donors (Lipinski definition) is 12. The summed E-state index contributed by atoms with van der Waals surface area (Å²) < 4.78 is 13.7. The van der Waals surface area contributed by atoms with Gasteiger partial charge in [-0.15, -0.1) is 0 Å². The Bertz CT molecular complexity index is 1810. The fraction of sp³-hybridized carbons (Fsp3) is 0.590. The Balaban J connectivity index is 2.44. The highest BCUT2D eigenvalue weighted by atomic mass is 19.1. The minimum absolute atomic E-state index is 0.0120. The number of primary amides is 2. The number of carbonyl (C=O) groups is 9. The highest BCUT2D eigenvalue weighted by Crippen LogP contribution is 2.19. The van der Waals surface area contributed by atoms with Crippen LogP contribution in [0.3, 0.4) is 0 Å². The lowest BCUT2D eigenvalue weighted by Gasteiger charge is -2.29. The van der Waals surface area contributed by atoms with Crippen LogP contribution in [-0.2, 0) is 49.6 Å². The summed E-state index contributed by atoms with van der Waals surface area (Å²) in [5.41, 5.74) is 27.8. The zero-order chi connectivity index (χ0) is 47.4. The van der Waals surface area contributed by atoms with Crippen molar-refractivity contribution in [3.8, 4) is 0 Å². The smallest absolute Gasteiger partial charge is 0.303 e. The van der Waals surface area contributed by atoms with Crippen molar-refractivity contribution in [1.29, 1.82) is 0 Å². The molecule has 1 heterocycles. The number of amides is 8. The SMILES string of the molecule is CC(C)C[C@H](NC(=O)[C@H](CCCC(=O)O)NC(=O)[C@H](Cc1ccc(F)cc1)NC(=O)[C@@H](N)CO)C(=O)N[C@@H](CCCN=C(N)N)C(=O)N[C@@H](CC(N)=O)C(=O)N1CCC[C@H]1C(N)=O. The summed E-state index contributed by atoms with van der Waals surface area (Å²) in [4.78, 5) is 122. The number of nitrogens with one attached hydrogen (secondary N) is 5. The van der Waals surface area contributed by atoms with Gasteiger partial charge in [-0.05, 0) is 68.6 Å². The number of halogens is 1. The minimum atomic E-state index is -1.55. The van der Waals surface area contributed by atoms with Crippen LogP contribution >= 0.6 is 0 Å². The number of hydrogen-bond acceptors (Lipinski definition) is 12. The van der Waals surface area contributed by atoms with E-state index in [1.165, 1.54) is 12.1 Å². The number of guanidine groups is 1. The molecule has 0 bridgehead atoms. The molecule has 2 rings (SSSR count). The van der Waals surface area contributed by atoms with Crippen molar-refractivity contribution in [2.24, 2.45) is 39.6 Å². The molecule has 1 saturated heterocycles. The van der Waals surface area contributed by atoms with Crippen LogP contribution in [0, 0.1) is 11.7 Å². The third-order valence-electron chi connectivity index (χ3n) is 9.84. The topological polar surface area (TPSA) is 400 Å². The first kappa shape index (κ1) is 52.7. The van der Waals surface area contributed by atoms with E-state index in [2.05, 4.69) is 31.6 Å². The second-order valence-electron chi connectivity index (χ2n) is 15.6. The molecule has 1 fully saturated rings. The van der Waals surface area contributed by atoms with E-state index in [1.807, 2.05) is 0 Å². The fourth-order valence-electron chi connectivity index (χ4n) is 6.65. The van der Waals surface area contributed by atoms with E-state index < -0.39 is 121 Å². The van der Waals surface area contributed by atoms with Gasteiger partial charge in [-0.2, -0.15) is 0 Å². The summed E-state index contributed by atoms with van der Waals surface area (Å²) in [7, 11) is 0. The van der Waals surface area contributed by atoms with Crippen molar-refractivity contribution in [2.75, 3.05) is 19.7 Å². The monoisotopic (exact) mass is 892 g/mol. The Kier molecular flexibility index (Phi) is 21.9. The Labute approximate surface area is 363 Å². The summed E-state index contributed by atoms with van der Waals surface area (Å²) in [6.45, 7) is 2.83. The second-order valence-corrected chi connectivity index (χ2v) is 15.6. The number of aliphatic carboxylic acids is 1. The summed E-state index contributed by atoms with van der Waals surface area (Å²) in [5.74, 6) is -9.45. The van der Waals surface area contributed by atoms with Crippen LogP contribution in [0.5, 0.6) is 0 Å². The predicted molar refractivity (Wildman–Crippen MR) is 223 cm³/mol. The van der Waals surface area contributed by atoms with Crippen LogP contribution in [0.2, 0.25) is 0 Å². The third-order valence-corrected chi connectivity index (χ3v) is 9.84. The van der Waals surface area contributed by atoms with Gasteiger partial charge in [0.25, 0.3) is 0 Å². The van der Waals surface area contributed by atoms with Crippen molar-refractivity contribution in [2.45, 2.75) is 120 Å². The minimum Gasteiger partial charge on any atom is -0.481 e. The molecule has 0 aliphatic carbocycles. The van der Waals surface area contributed by atoms with Crippen LogP contribution in [-0.4, -0.2) is 136 Å². The molecule has 0 unspecified atom stereocenters. The highest BCUT2D eigenvalue weighted by molar-refractivity contribution is 5.98. The van der Waals surface area contributed by atoms with Gasteiger partial charge in [0.15, 0.2) is 5.96 Å². The summed E-state index contributed by atoms with van der Waals surface area (Å²) in [5, 5.41) is 31.2. The Morgan fingerprint density at radius 3 is 1.83 bits per heavy atom. The van der Waals surface area contributed by atoms with Gasteiger partial charge in [0.1, 0.15) is 48.1 Å². The van der Waals surface area contributed by atoms with Gasteiger partial charge in [0.05, 0.1) is 13.0 Å². The lowest BCUT2D eigenvalue weighted by Crippen LogP contribution is -2.60. The molecule has 0 aromatic heterocycles. The normalized spacial score (nSPS) is 16.3. The largest absolute Gasteiger partial charge is 0.481 e. The Hall–Kier alpha value is -6.43. The third kappa shape index (κ3) is 18.6. The van der Waals surface area contributed by atoms with Crippen molar-refractivity contribution < 1.29 is 57.8 Å². The van der Waals surface area contributed by atoms with Crippen molar-refractivity contribution in [3.63, 3.8) is 0 Å². The molecular formula is C39H61FN12O11. The lowest BCUT2D eigenvalue weighted by molar-refractivity contribution is -0.142. The molecule has 1 aromatic carbocycles. The molecule has 0 spiro atoms. The number of nitrogens with zero attached hydrogens (tertiary/aromatic N) is 2. The van der Waals surface area contributed by atoms with E-state index in [9.17, 15) is 57.8 Å². The van der Waals surface area contributed by atoms with Gasteiger partial charge >= 0.3 is 5.97 Å². The maximum Gasteiger partial charge on any atom is 0.303 e. The molecule has 23 nitrogen and oxygen atoms in total. The number of carboxylic acids is 1. The molecule has 8 amide bonds. The average Bonchev–Trinajstić information content (AvgIpc) is 3.71. The molecule has 63 heavy (non-hydrogen) atoms. The van der Waals surface area contributed by atoms with Crippen LogP contribution in [0.1, 0.15) is 77.2 Å². The Morgan fingerprint density at radius 2 is 1.30 bits per heavy atom. The standard InChI is InChI=1S/C39H61FN12O11/c1-20(2)16-26(36(61)48-25(7-4-14-46-39(44)45)35(60)51-28(18-30(42)54)38(63)52-15-5-8-29(52)32(43)57)50-34(59)24(6-3-9-31(55)56)47-37(62)27(49-33(58)23(41)19-53)17-21-10-12-22(40)13-11-21/h10-13,20,23-29,53H,3-9,14-19,41H2,1-2H3,(H2,42,54)(H2,43,57)(H,47,62)(H,48,61)(H,49,58)(H,50,59)(H,51,60)(H,55,56)(H4,44,45,46)/t23-,24-,25-,26-,27-,28-,29-/m0/s1. The van der Waals surface area contributed by atoms with Crippen LogP contribution in [0.15, 0.2) is 29.3 Å². The molecule has 350 valence electrons. The first-order chi connectivity index (χ1) is 29.6. The van der Waals surface area contributed by atoms with Crippen LogP contribution < -0.4 is 55.3 Å². The fourth-order valence-corrected chi connectivity index (χ4v) is 6.65. The molecule has 1 aromatic rings. The summed E-state index contributed by atoms with van der Waals surface area (Å²) in [6.07, 6.45) is -1.02. The number of aliphatic hydroxyl groups is 1. The van der Waals surface area contributed by atoms with Gasteiger partial charge in [-0.25, -0.2) is 4.39 Å². The molecule has 0 radical (unpaired) electrons. The second kappa shape index (κ2) is 26.1. The van der Waals surface area contributed by atoms with Gasteiger partial charge in [0.2, 0.25) is 47.3 Å². The molecule has 0 saturated carbocycles. The first-order valence-corrected chi connectivity index (χ1v) is 20.4. The molecular weight excluding hydrogens is 831 g/mol. The van der Waals surface area contributed by atoms with Gasteiger partial charge in [0, 0.05) is 25.9 Å². The molecule has 17 N–H and O–H groups in total. The molecule has 24 heteroatoms. The summed E-state index contributed by atoms with van der Waals surface area (Å²) >= 11 is 0. The summed E-state index contributed by atoms with van der Waals surface area (Å²) in [6, 6.07) is -4.73. The molecule has 1 aliphatic heterocycles. The van der Waals surface area contributed by atoms with E-state index >= 15 is 0 Å². The maximum atomic E-state index is 14.0. The zero-order valence-electron chi connectivity index (χ0n) is 35.3. The van der Waals surface area contributed by atoms with Crippen LogP contribution in [0.25, 0.3) is 0 Å². The van der Waals surface area contributed by atoms with E-state index in [0.717, 1.165) is 17.0 Å². The number of rotatable bonds is 27. The van der Waals surface area contributed by atoms with Crippen molar-refractivity contribution in [1.82, 2.24) is 31.5 Å². The van der Waals surface area contributed by atoms with E-state index in [1.54, 1.807) is 13.8 Å². The number of aliphatic hydroxyl groups excluding tert-OH is 1. The van der Waals surface area contributed by atoms with Crippen LogP contribution in [0.4, 0.5) is 4.39 Å².